The van der Waals surface area contributed by atoms with Gasteiger partial charge in [0.1, 0.15) is 11.9 Å². The van der Waals surface area contributed by atoms with Gasteiger partial charge in [-0.2, -0.15) is 11.8 Å². The highest BCUT2D eigenvalue weighted by molar-refractivity contribution is 9.10. The van der Waals surface area contributed by atoms with Crippen LogP contribution in [0.2, 0.25) is 0 Å². The van der Waals surface area contributed by atoms with Gasteiger partial charge in [0.15, 0.2) is 0 Å². The average Bonchev–Trinajstić information content (AvgIpc) is 2.28. The van der Waals surface area contributed by atoms with Gasteiger partial charge in [-0.1, -0.05) is 22.0 Å². The van der Waals surface area contributed by atoms with Crippen LogP contribution in [0.25, 0.3) is 0 Å². The zero-order valence-electron chi connectivity index (χ0n) is 9.99. The summed E-state index contributed by atoms with van der Waals surface area (Å²) in [6, 6.07) is 6.22. The highest BCUT2D eigenvalue weighted by atomic mass is 79.9. The Labute approximate surface area is 115 Å². The second kappa shape index (κ2) is 6.12. The maximum atomic E-state index is 6.19. The number of ether oxygens (including phenoxy) is 1. The maximum absolute atomic E-state index is 6.19. The fourth-order valence-electron chi connectivity index (χ4n) is 2.19. The van der Waals surface area contributed by atoms with Gasteiger partial charge in [-0.05, 0) is 37.0 Å². The van der Waals surface area contributed by atoms with Crippen molar-refractivity contribution in [3.8, 4) is 5.75 Å². The van der Waals surface area contributed by atoms with E-state index in [4.69, 9.17) is 10.5 Å². The summed E-state index contributed by atoms with van der Waals surface area (Å²) in [7, 11) is 0. The van der Waals surface area contributed by atoms with Crippen LogP contribution < -0.4 is 10.5 Å². The molecule has 0 saturated heterocycles. The van der Waals surface area contributed by atoms with Crippen molar-refractivity contribution in [1.29, 1.82) is 0 Å². The molecule has 1 unspecified atom stereocenters. The lowest BCUT2D eigenvalue weighted by atomic mass is 9.95. The Morgan fingerprint density at radius 3 is 3.12 bits per heavy atom. The number of fused-ring (bicyclic) bond motifs is 1. The molecule has 2 N–H and O–H groups in total. The molecular formula is C13H18BrNOS. The van der Waals surface area contributed by atoms with Gasteiger partial charge >= 0.3 is 0 Å². The van der Waals surface area contributed by atoms with Crippen LogP contribution in [0.5, 0.6) is 5.75 Å². The van der Waals surface area contributed by atoms with Crippen LogP contribution in [0.4, 0.5) is 0 Å². The van der Waals surface area contributed by atoms with Crippen molar-refractivity contribution in [2.75, 3.05) is 12.0 Å². The van der Waals surface area contributed by atoms with Gasteiger partial charge in [-0.15, -0.1) is 0 Å². The van der Waals surface area contributed by atoms with E-state index in [1.54, 1.807) is 0 Å². The summed E-state index contributed by atoms with van der Waals surface area (Å²) in [5.41, 5.74) is 7.32. The van der Waals surface area contributed by atoms with E-state index in [2.05, 4.69) is 28.3 Å². The summed E-state index contributed by atoms with van der Waals surface area (Å²) in [5.74, 6) is 2.15. The molecule has 0 aromatic heterocycles. The van der Waals surface area contributed by atoms with Crippen LogP contribution in [-0.2, 0) is 0 Å². The number of hydrogen-bond donors (Lipinski definition) is 1. The topological polar surface area (TPSA) is 35.2 Å². The van der Waals surface area contributed by atoms with Crippen LogP contribution >= 0.6 is 27.7 Å². The molecule has 0 aliphatic carbocycles. The Hall–Kier alpha value is -0.190. The average molecular weight is 316 g/mol. The molecule has 2 atom stereocenters. The summed E-state index contributed by atoms with van der Waals surface area (Å²) in [5, 5.41) is 0. The zero-order chi connectivity index (χ0) is 12.3. The molecule has 2 rings (SSSR count). The van der Waals surface area contributed by atoms with Crippen LogP contribution in [0.3, 0.4) is 0 Å². The third-order valence-corrected chi connectivity index (χ3v) is 4.25. The zero-order valence-corrected chi connectivity index (χ0v) is 12.4. The smallest absolute Gasteiger partial charge is 0.125 e. The van der Waals surface area contributed by atoms with Gasteiger partial charge < -0.3 is 10.5 Å². The van der Waals surface area contributed by atoms with Crippen molar-refractivity contribution >= 4 is 27.7 Å². The molecule has 94 valence electrons. The molecule has 2 nitrogen and oxygen atoms in total. The molecule has 0 spiro atoms. The predicted molar refractivity (Wildman–Crippen MR) is 77.7 cm³/mol. The third-order valence-electron chi connectivity index (χ3n) is 3.06. The molecular weight excluding hydrogens is 298 g/mol. The van der Waals surface area contributed by atoms with E-state index in [1.165, 1.54) is 12.2 Å². The molecule has 0 amide bonds. The van der Waals surface area contributed by atoms with Gasteiger partial charge in [0.25, 0.3) is 0 Å². The van der Waals surface area contributed by atoms with Gasteiger partial charge in [0.05, 0.1) is 0 Å². The normalized spacial score (nSPS) is 23.0. The van der Waals surface area contributed by atoms with Gasteiger partial charge in [-0.25, -0.2) is 0 Å². The number of benzene rings is 1. The van der Waals surface area contributed by atoms with Crippen LogP contribution in [0, 0.1) is 0 Å². The lowest BCUT2D eigenvalue weighted by Crippen LogP contribution is -2.29. The van der Waals surface area contributed by atoms with Crippen LogP contribution in [0.15, 0.2) is 22.7 Å². The second-order valence-corrected chi connectivity index (χ2v) is 6.30. The Morgan fingerprint density at radius 1 is 1.53 bits per heavy atom. The highest BCUT2D eigenvalue weighted by Crippen LogP contribution is 2.36. The number of hydrogen-bond acceptors (Lipinski definition) is 3. The largest absolute Gasteiger partial charge is 0.490 e. The van der Waals surface area contributed by atoms with E-state index in [9.17, 15) is 0 Å². The SMILES string of the molecule is CSCCCC1C[C@@H](N)c2ccc(Br)cc2O1. The molecule has 1 aromatic rings. The fourth-order valence-corrected chi connectivity index (χ4v) is 2.98. The van der Waals surface area contributed by atoms with Crippen molar-refractivity contribution in [2.45, 2.75) is 31.4 Å². The monoisotopic (exact) mass is 315 g/mol. The van der Waals surface area contributed by atoms with Crippen LogP contribution in [-0.4, -0.2) is 18.1 Å². The molecule has 17 heavy (non-hydrogen) atoms. The first kappa shape index (κ1) is 13.2. The Kier molecular flexibility index (Phi) is 4.77. The van der Waals surface area contributed by atoms with E-state index in [1.807, 2.05) is 23.9 Å². The minimum atomic E-state index is 0.117. The number of rotatable bonds is 4. The van der Waals surface area contributed by atoms with E-state index in [-0.39, 0.29) is 12.1 Å². The molecule has 1 aliphatic heterocycles. The predicted octanol–water partition coefficient (Wildman–Crippen LogP) is 3.74. The standard InChI is InChI=1S/C13H18BrNOS/c1-17-6-2-3-10-8-12(15)11-5-4-9(14)7-13(11)16-10/h4-5,7,10,12H,2-3,6,8,15H2,1H3/t10?,12-/m1/s1. The lowest BCUT2D eigenvalue weighted by Gasteiger charge is -2.30. The van der Waals surface area contributed by atoms with Crippen molar-refractivity contribution in [3.05, 3.63) is 28.2 Å². The fraction of sp³-hybridized carbons (Fsp3) is 0.538. The Balaban J connectivity index is 2.04. The summed E-state index contributed by atoms with van der Waals surface area (Å²) >= 11 is 5.35. The Morgan fingerprint density at radius 2 is 2.35 bits per heavy atom. The molecule has 0 saturated carbocycles. The third kappa shape index (κ3) is 3.39. The molecule has 0 radical (unpaired) electrons. The maximum Gasteiger partial charge on any atom is 0.125 e. The molecule has 4 heteroatoms. The summed E-state index contributed by atoms with van der Waals surface area (Å²) in [6.45, 7) is 0. The van der Waals surface area contributed by atoms with Gasteiger partial charge in [-0.3, -0.25) is 0 Å². The number of thioether (sulfide) groups is 1. The van der Waals surface area contributed by atoms with E-state index in [0.29, 0.717) is 0 Å². The Bertz CT molecular complexity index is 386. The van der Waals surface area contributed by atoms with Gasteiger partial charge in [0, 0.05) is 22.5 Å². The molecule has 0 bridgehead atoms. The molecule has 1 aromatic carbocycles. The minimum Gasteiger partial charge on any atom is -0.490 e. The quantitative estimate of drug-likeness (QED) is 0.860. The van der Waals surface area contributed by atoms with Crippen LogP contribution in [0.1, 0.15) is 30.9 Å². The first-order valence-electron chi connectivity index (χ1n) is 5.91. The summed E-state index contributed by atoms with van der Waals surface area (Å²) in [6.07, 6.45) is 5.64. The first-order chi connectivity index (χ1) is 8.20. The van der Waals surface area contributed by atoms with E-state index < -0.39 is 0 Å². The van der Waals surface area contributed by atoms with Crippen molar-refractivity contribution < 1.29 is 4.74 Å². The minimum absolute atomic E-state index is 0.117. The summed E-state index contributed by atoms with van der Waals surface area (Å²) < 4.78 is 7.06. The van der Waals surface area contributed by atoms with Crippen molar-refractivity contribution in [3.63, 3.8) is 0 Å². The highest BCUT2D eigenvalue weighted by Gasteiger charge is 2.25. The molecule has 1 aliphatic rings. The number of nitrogens with two attached hydrogens (primary N) is 1. The van der Waals surface area contributed by atoms with E-state index in [0.717, 1.165) is 28.6 Å². The first-order valence-corrected chi connectivity index (χ1v) is 8.10. The second-order valence-electron chi connectivity index (χ2n) is 4.40. The molecule has 0 fully saturated rings. The van der Waals surface area contributed by atoms with Gasteiger partial charge in [0.2, 0.25) is 0 Å². The van der Waals surface area contributed by atoms with Crippen molar-refractivity contribution in [2.24, 2.45) is 5.73 Å². The lowest BCUT2D eigenvalue weighted by molar-refractivity contribution is 0.149. The number of halogens is 1. The van der Waals surface area contributed by atoms with Crippen molar-refractivity contribution in [1.82, 2.24) is 0 Å². The molecule has 1 heterocycles. The summed E-state index contributed by atoms with van der Waals surface area (Å²) in [4.78, 5) is 0. The van der Waals surface area contributed by atoms with E-state index >= 15 is 0 Å².